The number of hydrogen-bond acceptors (Lipinski definition) is 5. The second-order valence-electron chi connectivity index (χ2n) is 6.52. The third-order valence-corrected chi connectivity index (χ3v) is 5.57. The van der Waals surface area contributed by atoms with E-state index >= 15 is 0 Å². The summed E-state index contributed by atoms with van der Waals surface area (Å²) >= 11 is 1.42. The number of alkyl halides is 2. The number of nitrogens with one attached hydrogen (secondary N) is 1. The molecule has 0 radical (unpaired) electrons. The Labute approximate surface area is 160 Å². The molecular weight excluding hydrogens is 372 g/mol. The summed E-state index contributed by atoms with van der Waals surface area (Å²) < 4.78 is 26.8. The van der Waals surface area contributed by atoms with Gasteiger partial charge >= 0.3 is 6.03 Å². The van der Waals surface area contributed by atoms with Crippen LogP contribution in [-0.4, -0.2) is 40.7 Å². The van der Waals surface area contributed by atoms with Gasteiger partial charge in [0.25, 0.3) is 6.43 Å². The quantitative estimate of drug-likeness (QED) is 0.631. The van der Waals surface area contributed by atoms with E-state index in [4.69, 9.17) is 0 Å². The molecule has 3 heterocycles. The first-order valence-electron chi connectivity index (χ1n) is 8.60. The molecule has 1 N–H and O–H groups in total. The van der Waals surface area contributed by atoms with Crippen LogP contribution in [0.15, 0.2) is 29.6 Å². The number of halogens is 2. The Morgan fingerprint density at radius 2 is 2.19 bits per heavy atom. The zero-order valence-corrected chi connectivity index (χ0v) is 15.8. The molecule has 2 aliphatic rings. The third kappa shape index (κ3) is 2.99. The van der Waals surface area contributed by atoms with Crippen molar-refractivity contribution in [3.63, 3.8) is 0 Å². The van der Waals surface area contributed by atoms with E-state index in [0.717, 1.165) is 11.1 Å². The van der Waals surface area contributed by atoms with Crippen molar-refractivity contribution < 1.29 is 13.6 Å². The molecule has 9 heteroatoms. The van der Waals surface area contributed by atoms with Crippen molar-refractivity contribution in [3.05, 3.63) is 41.1 Å². The molecule has 1 atom stereocenters. The van der Waals surface area contributed by atoms with Gasteiger partial charge < -0.3 is 10.2 Å². The van der Waals surface area contributed by atoms with Gasteiger partial charge in [-0.05, 0) is 18.2 Å². The first-order valence-corrected chi connectivity index (χ1v) is 9.82. The van der Waals surface area contributed by atoms with Gasteiger partial charge in [-0.3, -0.25) is 4.90 Å². The Morgan fingerprint density at radius 1 is 1.37 bits per heavy atom. The Morgan fingerprint density at radius 3 is 2.93 bits per heavy atom. The van der Waals surface area contributed by atoms with E-state index in [1.807, 2.05) is 12.3 Å². The maximum Gasteiger partial charge on any atom is 0.326 e. The van der Waals surface area contributed by atoms with Gasteiger partial charge in [-0.25, -0.2) is 23.5 Å². The standard InChI is InChI=1S/C18H19F2N5OS/c1-24-16-10(8-22-17(23-16)27-2)9-25(18(24)26)13-6-7-21-14-11(13)4-3-5-12(14)15(19)20/h3-5,8,13,15,21H,6-7,9H2,1-2H3. The molecular formula is C18H19F2N5OS. The number of anilines is 2. The van der Waals surface area contributed by atoms with E-state index < -0.39 is 6.43 Å². The fourth-order valence-electron chi connectivity index (χ4n) is 3.73. The minimum Gasteiger partial charge on any atom is -0.384 e. The predicted octanol–water partition coefficient (Wildman–Crippen LogP) is 4.06. The van der Waals surface area contributed by atoms with Crippen LogP contribution >= 0.6 is 11.8 Å². The number of fused-ring (bicyclic) bond motifs is 2. The van der Waals surface area contributed by atoms with Gasteiger partial charge in [0, 0.05) is 36.6 Å². The number of aromatic nitrogens is 2. The molecule has 2 aliphatic heterocycles. The summed E-state index contributed by atoms with van der Waals surface area (Å²) in [7, 11) is 1.68. The lowest BCUT2D eigenvalue weighted by Crippen LogP contribution is -2.48. The molecule has 0 saturated carbocycles. The van der Waals surface area contributed by atoms with Crippen molar-refractivity contribution in [1.29, 1.82) is 0 Å². The Hall–Kier alpha value is -2.42. The molecule has 0 bridgehead atoms. The van der Waals surface area contributed by atoms with Crippen molar-refractivity contribution in [1.82, 2.24) is 14.9 Å². The highest BCUT2D eigenvalue weighted by molar-refractivity contribution is 7.98. The van der Waals surface area contributed by atoms with Gasteiger partial charge in [-0.2, -0.15) is 0 Å². The lowest BCUT2D eigenvalue weighted by atomic mass is 9.93. The van der Waals surface area contributed by atoms with E-state index in [1.54, 1.807) is 24.2 Å². The second kappa shape index (κ2) is 6.95. The minimum atomic E-state index is -2.56. The summed E-state index contributed by atoms with van der Waals surface area (Å²) in [6.45, 7) is 0.889. The summed E-state index contributed by atoms with van der Waals surface area (Å²) in [5.41, 5.74) is 1.99. The molecule has 4 rings (SSSR count). The summed E-state index contributed by atoms with van der Waals surface area (Å²) in [5.74, 6) is 0.603. The number of amides is 2. The monoisotopic (exact) mass is 391 g/mol. The summed E-state index contributed by atoms with van der Waals surface area (Å²) in [4.78, 5) is 25.0. The van der Waals surface area contributed by atoms with Crippen molar-refractivity contribution in [2.24, 2.45) is 0 Å². The minimum absolute atomic E-state index is 0.0247. The average Bonchev–Trinajstić information content (AvgIpc) is 2.69. The highest BCUT2D eigenvalue weighted by atomic mass is 32.2. The average molecular weight is 391 g/mol. The summed E-state index contributed by atoms with van der Waals surface area (Å²) in [6, 6.07) is 4.40. The summed E-state index contributed by atoms with van der Waals surface area (Å²) in [5, 5.41) is 3.69. The van der Waals surface area contributed by atoms with E-state index in [9.17, 15) is 13.6 Å². The van der Waals surface area contributed by atoms with E-state index in [0.29, 0.717) is 36.2 Å². The van der Waals surface area contributed by atoms with Crippen LogP contribution in [0.2, 0.25) is 0 Å². The lowest BCUT2D eigenvalue weighted by Gasteiger charge is -2.41. The van der Waals surface area contributed by atoms with Crippen LogP contribution in [0.5, 0.6) is 0 Å². The number of carbonyl (C=O) groups is 1. The largest absolute Gasteiger partial charge is 0.384 e. The normalized spacial score (nSPS) is 19.0. The van der Waals surface area contributed by atoms with Crippen molar-refractivity contribution >= 4 is 29.3 Å². The number of rotatable bonds is 3. The van der Waals surface area contributed by atoms with Crippen LogP contribution in [0.4, 0.5) is 25.1 Å². The number of carbonyl (C=O) groups excluding carboxylic acids is 1. The van der Waals surface area contributed by atoms with Crippen molar-refractivity contribution in [2.45, 2.75) is 30.6 Å². The molecule has 1 aromatic heterocycles. The second-order valence-corrected chi connectivity index (χ2v) is 7.29. The lowest BCUT2D eigenvalue weighted by molar-refractivity contribution is 0.151. The van der Waals surface area contributed by atoms with Crippen LogP contribution in [0.1, 0.15) is 35.6 Å². The number of benzene rings is 1. The van der Waals surface area contributed by atoms with E-state index in [2.05, 4.69) is 15.3 Å². The highest BCUT2D eigenvalue weighted by Crippen LogP contribution is 2.42. The first-order chi connectivity index (χ1) is 13.0. The van der Waals surface area contributed by atoms with Crippen LogP contribution in [0.25, 0.3) is 0 Å². The fourth-order valence-corrected chi connectivity index (χ4v) is 4.06. The smallest absolute Gasteiger partial charge is 0.326 e. The van der Waals surface area contributed by atoms with Crippen LogP contribution < -0.4 is 10.2 Å². The molecule has 0 fully saturated rings. The number of para-hydroxylation sites is 1. The van der Waals surface area contributed by atoms with E-state index in [1.165, 1.54) is 22.7 Å². The molecule has 6 nitrogen and oxygen atoms in total. The van der Waals surface area contributed by atoms with Gasteiger partial charge in [0.1, 0.15) is 5.82 Å². The van der Waals surface area contributed by atoms with Crippen molar-refractivity contribution in [2.75, 3.05) is 30.1 Å². The number of nitrogens with zero attached hydrogens (tertiary/aromatic N) is 4. The molecule has 0 aliphatic carbocycles. The number of thioether (sulfide) groups is 1. The Bertz CT molecular complexity index is 894. The molecule has 0 spiro atoms. The molecule has 0 saturated heterocycles. The SMILES string of the molecule is CSc1ncc2c(n1)N(C)C(=O)N(C1CCNc3c(C(F)F)cccc31)C2. The highest BCUT2D eigenvalue weighted by Gasteiger charge is 2.37. The van der Waals surface area contributed by atoms with Crippen LogP contribution in [-0.2, 0) is 6.54 Å². The van der Waals surface area contributed by atoms with Gasteiger partial charge in [0.05, 0.1) is 12.6 Å². The zero-order chi connectivity index (χ0) is 19.1. The van der Waals surface area contributed by atoms with E-state index in [-0.39, 0.29) is 17.6 Å². The topological polar surface area (TPSA) is 61.4 Å². The molecule has 2 aromatic rings. The van der Waals surface area contributed by atoms with Gasteiger partial charge in [0.2, 0.25) is 0 Å². The van der Waals surface area contributed by atoms with Crippen LogP contribution in [0, 0.1) is 0 Å². The number of urea groups is 1. The summed E-state index contributed by atoms with van der Waals surface area (Å²) in [6.07, 6.45) is 1.70. The Balaban J connectivity index is 1.73. The maximum atomic E-state index is 13.4. The molecule has 1 aromatic carbocycles. The number of hydrogen-bond donors (Lipinski definition) is 1. The van der Waals surface area contributed by atoms with Crippen LogP contribution in [0.3, 0.4) is 0 Å². The predicted molar refractivity (Wildman–Crippen MR) is 100 cm³/mol. The van der Waals surface area contributed by atoms with Crippen molar-refractivity contribution in [3.8, 4) is 0 Å². The molecule has 1 unspecified atom stereocenters. The Kier molecular flexibility index (Phi) is 4.63. The van der Waals surface area contributed by atoms with Gasteiger partial charge in [-0.15, -0.1) is 0 Å². The van der Waals surface area contributed by atoms with Gasteiger partial charge in [0.15, 0.2) is 5.16 Å². The van der Waals surface area contributed by atoms with Gasteiger partial charge in [-0.1, -0.05) is 30.0 Å². The third-order valence-electron chi connectivity index (χ3n) is 5.01. The zero-order valence-electron chi connectivity index (χ0n) is 14.9. The molecule has 27 heavy (non-hydrogen) atoms. The maximum absolute atomic E-state index is 13.4. The molecule has 2 amide bonds. The fraction of sp³-hybridized carbons (Fsp3) is 0.389. The molecule has 142 valence electrons. The first kappa shape index (κ1) is 18.0.